The van der Waals surface area contributed by atoms with Gasteiger partial charge in [-0.15, -0.1) is 0 Å². The number of aromatic amines is 1. The first kappa shape index (κ1) is 19.8. The van der Waals surface area contributed by atoms with Gasteiger partial charge in [0.15, 0.2) is 5.78 Å². The Balaban J connectivity index is 1.62. The Hall–Kier alpha value is -3.09. The summed E-state index contributed by atoms with van der Waals surface area (Å²) in [5.41, 5.74) is 2.87. The molecule has 0 unspecified atom stereocenters. The minimum Gasteiger partial charge on any atom is -0.494 e. The van der Waals surface area contributed by atoms with Crippen LogP contribution >= 0.6 is 0 Å². The Labute approximate surface area is 181 Å². The quantitative estimate of drug-likeness (QED) is 0.784. The molecule has 0 bridgehead atoms. The van der Waals surface area contributed by atoms with Crippen LogP contribution in [0.4, 0.5) is 11.8 Å². The predicted octanol–water partition coefficient (Wildman–Crippen LogP) is 3.72. The molecule has 1 aromatic heterocycles. The summed E-state index contributed by atoms with van der Waals surface area (Å²) in [6.45, 7) is 4.33. The number of nitrogens with zero attached hydrogens (tertiary/aromatic N) is 2. The zero-order valence-corrected chi connectivity index (χ0v) is 17.9. The molecule has 1 fully saturated rings. The van der Waals surface area contributed by atoms with Gasteiger partial charge in [-0.25, -0.2) is 0 Å². The number of rotatable bonds is 4. The first-order valence-corrected chi connectivity index (χ1v) is 11.3. The van der Waals surface area contributed by atoms with Crippen molar-refractivity contribution < 1.29 is 9.53 Å². The molecule has 2 aromatic rings. The van der Waals surface area contributed by atoms with Crippen LogP contribution in [0.5, 0.6) is 5.75 Å². The summed E-state index contributed by atoms with van der Waals surface area (Å²) in [5.74, 6) is 1.67. The lowest BCUT2D eigenvalue weighted by molar-refractivity contribution is -0.116. The van der Waals surface area contributed by atoms with Crippen LogP contribution in [0.1, 0.15) is 62.5 Å². The van der Waals surface area contributed by atoms with E-state index >= 15 is 0 Å². The van der Waals surface area contributed by atoms with E-state index < -0.39 is 5.92 Å². The Morgan fingerprint density at radius 2 is 1.84 bits per heavy atom. The monoisotopic (exact) mass is 420 g/mol. The maximum Gasteiger partial charge on any atom is 0.258 e. The normalized spacial score (nSPS) is 20.7. The number of piperidine rings is 1. The van der Waals surface area contributed by atoms with Crippen LogP contribution in [0.25, 0.3) is 0 Å². The molecule has 162 valence electrons. The summed E-state index contributed by atoms with van der Waals surface area (Å²) in [7, 11) is 0. The summed E-state index contributed by atoms with van der Waals surface area (Å²) >= 11 is 0. The first-order chi connectivity index (χ1) is 15.2. The molecule has 1 saturated heterocycles. The number of allylic oxidation sites excluding steroid dienone is 2. The minimum atomic E-state index is -0.415. The molecule has 2 N–H and O–H groups in total. The highest BCUT2D eigenvalue weighted by atomic mass is 16.5. The van der Waals surface area contributed by atoms with Gasteiger partial charge >= 0.3 is 0 Å². The zero-order chi connectivity index (χ0) is 21.4. The van der Waals surface area contributed by atoms with Gasteiger partial charge in [0.1, 0.15) is 11.6 Å². The molecule has 7 nitrogen and oxygen atoms in total. The van der Waals surface area contributed by atoms with Crippen molar-refractivity contribution in [1.82, 2.24) is 9.97 Å². The number of Topliss-reactive ketones (excluding diaryl/α,β-unsaturated/α-hetero) is 1. The molecular formula is C24H28N4O3. The molecule has 0 spiro atoms. The third kappa shape index (κ3) is 3.62. The molecule has 1 aromatic carbocycles. The van der Waals surface area contributed by atoms with Gasteiger partial charge < -0.3 is 15.0 Å². The molecule has 3 heterocycles. The van der Waals surface area contributed by atoms with Crippen LogP contribution in [0.3, 0.4) is 0 Å². The van der Waals surface area contributed by atoms with E-state index in [0.717, 1.165) is 55.8 Å². The van der Waals surface area contributed by atoms with E-state index in [9.17, 15) is 9.59 Å². The first-order valence-electron chi connectivity index (χ1n) is 11.3. The standard InChI is InChI=1S/C24H28N4O3/c1-2-31-16-11-9-15(10-12-16)19-20-17(7-6-8-18(20)29)25-22-21(19)23(30)27-24(26-22)28-13-4-3-5-14-28/h9-12,19H,2-8,13-14H2,1H3,(H2,25,26,27,30)/t19-/m1/s1. The number of ether oxygens (including phenoxy) is 1. The van der Waals surface area contributed by atoms with Gasteiger partial charge in [0, 0.05) is 36.7 Å². The minimum absolute atomic E-state index is 0.109. The van der Waals surface area contributed by atoms with Gasteiger partial charge in [0.2, 0.25) is 5.95 Å². The Morgan fingerprint density at radius 1 is 1.06 bits per heavy atom. The number of ketones is 1. The molecular weight excluding hydrogens is 392 g/mol. The van der Waals surface area contributed by atoms with E-state index in [1.807, 2.05) is 31.2 Å². The lowest BCUT2D eigenvalue weighted by Gasteiger charge is -2.34. The van der Waals surface area contributed by atoms with Crippen molar-refractivity contribution in [3.05, 3.63) is 57.0 Å². The number of benzene rings is 1. The molecule has 5 rings (SSSR count). The Kier molecular flexibility index (Phi) is 5.26. The SMILES string of the molecule is CCOc1ccc([C@@H]2C3=C(CCCC3=O)Nc3nc(N4CCCCC4)[nH]c(=O)c32)cc1. The summed E-state index contributed by atoms with van der Waals surface area (Å²) in [5, 5.41) is 3.36. The topological polar surface area (TPSA) is 87.3 Å². The van der Waals surface area contributed by atoms with E-state index in [2.05, 4.69) is 15.2 Å². The summed E-state index contributed by atoms with van der Waals surface area (Å²) in [6, 6.07) is 7.71. The Bertz CT molecular complexity index is 1080. The second kappa shape index (κ2) is 8.21. The fourth-order valence-electron chi connectivity index (χ4n) is 4.96. The van der Waals surface area contributed by atoms with Crippen LogP contribution < -0.4 is 20.5 Å². The smallest absolute Gasteiger partial charge is 0.258 e. The van der Waals surface area contributed by atoms with Gasteiger partial charge in [-0.1, -0.05) is 12.1 Å². The number of hydrogen-bond acceptors (Lipinski definition) is 6. The molecule has 31 heavy (non-hydrogen) atoms. The van der Waals surface area contributed by atoms with Gasteiger partial charge in [-0.05, 0) is 56.7 Å². The molecule has 0 amide bonds. The number of aromatic nitrogens is 2. The van der Waals surface area contributed by atoms with E-state index in [4.69, 9.17) is 9.72 Å². The predicted molar refractivity (Wildman–Crippen MR) is 120 cm³/mol. The van der Waals surface area contributed by atoms with Crippen molar-refractivity contribution in [2.45, 2.75) is 51.4 Å². The summed E-state index contributed by atoms with van der Waals surface area (Å²) in [6.07, 6.45) is 5.54. The van der Waals surface area contributed by atoms with E-state index in [1.54, 1.807) is 0 Å². The average Bonchev–Trinajstić information content (AvgIpc) is 2.79. The molecule has 7 heteroatoms. The zero-order valence-electron chi connectivity index (χ0n) is 17.9. The van der Waals surface area contributed by atoms with Crippen molar-refractivity contribution in [2.24, 2.45) is 0 Å². The molecule has 0 saturated carbocycles. The molecule has 3 aliphatic rings. The molecule has 2 aliphatic heterocycles. The van der Waals surface area contributed by atoms with E-state index in [-0.39, 0.29) is 11.3 Å². The van der Waals surface area contributed by atoms with Crippen LogP contribution in [0, 0.1) is 0 Å². The van der Waals surface area contributed by atoms with Gasteiger partial charge in [-0.2, -0.15) is 4.98 Å². The highest BCUT2D eigenvalue weighted by Crippen LogP contribution is 2.43. The van der Waals surface area contributed by atoms with Gasteiger partial charge in [0.25, 0.3) is 5.56 Å². The van der Waals surface area contributed by atoms with Gasteiger partial charge in [-0.3, -0.25) is 14.6 Å². The fraction of sp³-hybridized carbons (Fsp3) is 0.458. The van der Waals surface area contributed by atoms with Crippen LogP contribution in [0.2, 0.25) is 0 Å². The third-order valence-corrected chi connectivity index (χ3v) is 6.43. The summed E-state index contributed by atoms with van der Waals surface area (Å²) in [4.78, 5) is 36.3. The van der Waals surface area contributed by atoms with Crippen molar-refractivity contribution >= 4 is 17.5 Å². The van der Waals surface area contributed by atoms with Crippen LogP contribution in [-0.2, 0) is 4.79 Å². The van der Waals surface area contributed by atoms with E-state index in [1.165, 1.54) is 6.42 Å². The maximum absolute atomic E-state index is 13.3. The van der Waals surface area contributed by atoms with Crippen molar-refractivity contribution in [3.8, 4) is 5.75 Å². The third-order valence-electron chi connectivity index (χ3n) is 6.43. The van der Waals surface area contributed by atoms with E-state index in [0.29, 0.717) is 35.9 Å². The van der Waals surface area contributed by atoms with Crippen LogP contribution in [0.15, 0.2) is 40.3 Å². The van der Waals surface area contributed by atoms with Crippen molar-refractivity contribution in [2.75, 3.05) is 29.9 Å². The number of hydrogen-bond donors (Lipinski definition) is 2. The van der Waals surface area contributed by atoms with Crippen LogP contribution in [-0.4, -0.2) is 35.4 Å². The van der Waals surface area contributed by atoms with Crippen molar-refractivity contribution in [1.29, 1.82) is 0 Å². The number of carbonyl (C=O) groups is 1. The highest BCUT2D eigenvalue weighted by Gasteiger charge is 2.38. The molecule has 0 radical (unpaired) electrons. The second-order valence-corrected chi connectivity index (χ2v) is 8.43. The number of fused-ring (bicyclic) bond motifs is 1. The Morgan fingerprint density at radius 3 is 2.58 bits per heavy atom. The second-order valence-electron chi connectivity index (χ2n) is 8.43. The summed E-state index contributed by atoms with van der Waals surface area (Å²) < 4.78 is 5.57. The lowest BCUT2D eigenvalue weighted by Crippen LogP contribution is -2.36. The number of H-pyrrole nitrogens is 1. The van der Waals surface area contributed by atoms with Crippen molar-refractivity contribution in [3.63, 3.8) is 0 Å². The molecule has 1 aliphatic carbocycles. The largest absolute Gasteiger partial charge is 0.494 e. The fourth-order valence-corrected chi connectivity index (χ4v) is 4.96. The maximum atomic E-state index is 13.3. The highest BCUT2D eigenvalue weighted by molar-refractivity contribution is 6.00. The molecule has 1 atom stereocenters. The number of anilines is 2. The lowest BCUT2D eigenvalue weighted by atomic mass is 9.76. The number of nitrogens with one attached hydrogen (secondary N) is 2. The average molecular weight is 421 g/mol. The van der Waals surface area contributed by atoms with Gasteiger partial charge in [0.05, 0.1) is 12.2 Å². The number of carbonyl (C=O) groups excluding carboxylic acids is 1.